The van der Waals surface area contributed by atoms with Crippen LogP contribution in [0.4, 0.5) is 0 Å². The van der Waals surface area contributed by atoms with Crippen LogP contribution in [0, 0.1) is 0 Å². The highest BCUT2D eigenvalue weighted by atomic mass is 16.4. The van der Waals surface area contributed by atoms with Gasteiger partial charge in [0.1, 0.15) is 0 Å². The Morgan fingerprint density at radius 3 is 2.93 bits per heavy atom. The van der Waals surface area contributed by atoms with Crippen LogP contribution >= 0.6 is 0 Å². The van der Waals surface area contributed by atoms with Gasteiger partial charge in [0.25, 0.3) is 0 Å². The highest BCUT2D eigenvalue weighted by Gasteiger charge is 2.53. The summed E-state index contributed by atoms with van der Waals surface area (Å²) in [7, 11) is 0. The Hall–Kier alpha value is -1.84. The zero-order valence-electron chi connectivity index (χ0n) is 8.05. The van der Waals surface area contributed by atoms with Gasteiger partial charge in [-0.05, 0) is 25.0 Å². The Kier molecular flexibility index (Phi) is 1.46. The molecule has 0 aliphatic heterocycles. The van der Waals surface area contributed by atoms with E-state index in [4.69, 9.17) is 0 Å². The maximum Gasteiger partial charge on any atom is 0.314 e. The molecular formula is C11H10N2O2. The number of aliphatic carboxylic acids is 1. The Morgan fingerprint density at radius 2 is 2.27 bits per heavy atom. The first-order valence-electron chi connectivity index (χ1n) is 4.90. The molecule has 0 radical (unpaired) electrons. The number of carboxylic acid groups (broad SMARTS) is 1. The van der Waals surface area contributed by atoms with Gasteiger partial charge in [-0.2, -0.15) is 5.10 Å². The van der Waals surface area contributed by atoms with Crippen molar-refractivity contribution in [2.45, 2.75) is 18.3 Å². The van der Waals surface area contributed by atoms with Gasteiger partial charge in [0.05, 0.1) is 17.1 Å². The lowest BCUT2D eigenvalue weighted by molar-refractivity contribution is -0.140. The largest absolute Gasteiger partial charge is 0.481 e. The monoisotopic (exact) mass is 202 g/mol. The van der Waals surface area contributed by atoms with E-state index >= 15 is 0 Å². The summed E-state index contributed by atoms with van der Waals surface area (Å²) in [4.78, 5) is 11.2. The molecule has 4 heteroatoms. The van der Waals surface area contributed by atoms with E-state index in [1.54, 1.807) is 10.7 Å². The van der Waals surface area contributed by atoms with Gasteiger partial charge in [0.2, 0.25) is 0 Å². The average molecular weight is 202 g/mol. The van der Waals surface area contributed by atoms with Crippen molar-refractivity contribution < 1.29 is 9.90 Å². The van der Waals surface area contributed by atoms with Gasteiger partial charge in [0.15, 0.2) is 0 Å². The second-order valence-electron chi connectivity index (χ2n) is 3.98. The van der Waals surface area contributed by atoms with Crippen LogP contribution in [0.15, 0.2) is 30.6 Å². The SMILES string of the molecule is O=C(O)C1(c2cnn3ccccc23)CC1. The number of nitrogens with zero attached hydrogens (tertiary/aromatic N) is 2. The molecule has 1 aliphatic rings. The van der Waals surface area contributed by atoms with Crippen molar-refractivity contribution in [1.29, 1.82) is 0 Å². The molecule has 0 atom stereocenters. The zero-order valence-corrected chi connectivity index (χ0v) is 8.05. The van der Waals surface area contributed by atoms with Gasteiger partial charge in [-0.1, -0.05) is 6.07 Å². The minimum atomic E-state index is -0.735. The van der Waals surface area contributed by atoms with E-state index < -0.39 is 11.4 Å². The van der Waals surface area contributed by atoms with Crippen LogP contribution in [-0.2, 0) is 10.2 Å². The highest BCUT2D eigenvalue weighted by Crippen LogP contribution is 2.49. The van der Waals surface area contributed by atoms with Crippen LogP contribution in [0.5, 0.6) is 0 Å². The maximum atomic E-state index is 11.2. The van der Waals surface area contributed by atoms with E-state index in [0.29, 0.717) is 0 Å². The van der Waals surface area contributed by atoms with E-state index in [0.717, 1.165) is 23.9 Å². The van der Waals surface area contributed by atoms with Gasteiger partial charge in [0, 0.05) is 11.8 Å². The number of carboxylic acids is 1. The molecule has 0 amide bonds. The lowest BCUT2D eigenvalue weighted by Gasteiger charge is -2.06. The summed E-state index contributed by atoms with van der Waals surface area (Å²) in [5, 5.41) is 13.4. The third-order valence-corrected chi connectivity index (χ3v) is 3.10. The fourth-order valence-electron chi connectivity index (χ4n) is 2.03. The molecule has 0 aromatic carbocycles. The fourth-order valence-corrected chi connectivity index (χ4v) is 2.03. The molecule has 2 heterocycles. The molecule has 15 heavy (non-hydrogen) atoms. The number of aromatic nitrogens is 2. The molecule has 3 rings (SSSR count). The molecular weight excluding hydrogens is 192 g/mol. The van der Waals surface area contributed by atoms with Crippen LogP contribution in [0.25, 0.3) is 5.52 Å². The molecule has 1 saturated carbocycles. The van der Waals surface area contributed by atoms with Crippen LogP contribution < -0.4 is 0 Å². The quantitative estimate of drug-likeness (QED) is 0.801. The summed E-state index contributed by atoms with van der Waals surface area (Å²) in [5.41, 5.74) is 1.08. The number of pyridine rings is 1. The smallest absolute Gasteiger partial charge is 0.314 e. The molecule has 2 aromatic heterocycles. The number of hydrogen-bond acceptors (Lipinski definition) is 2. The minimum Gasteiger partial charge on any atom is -0.481 e. The van der Waals surface area contributed by atoms with Gasteiger partial charge in [-0.25, -0.2) is 4.52 Å². The molecule has 76 valence electrons. The van der Waals surface area contributed by atoms with Gasteiger partial charge in [-0.3, -0.25) is 4.79 Å². The first-order valence-corrected chi connectivity index (χ1v) is 4.90. The lowest BCUT2D eigenvalue weighted by Crippen LogP contribution is -2.19. The van der Waals surface area contributed by atoms with Crippen LogP contribution in [-0.4, -0.2) is 20.7 Å². The Labute approximate surface area is 86.1 Å². The van der Waals surface area contributed by atoms with E-state index in [-0.39, 0.29) is 0 Å². The molecule has 1 aliphatic carbocycles. The van der Waals surface area contributed by atoms with E-state index in [1.165, 1.54) is 0 Å². The third kappa shape index (κ3) is 1.02. The van der Waals surface area contributed by atoms with Gasteiger partial charge in [-0.15, -0.1) is 0 Å². The molecule has 0 spiro atoms. The second kappa shape index (κ2) is 2.59. The predicted molar refractivity (Wildman–Crippen MR) is 53.7 cm³/mol. The Morgan fingerprint density at radius 1 is 1.47 bits per heavy atom. The van der Waals surface area contributed by atoms with Crippen molar-refractivity contribution in [2.75, 3.05) is 0 Å². The summed E-state index contributed by atoms with van der Waals surface area (Å²) in [6, 6.07) is 5.69. The number of carbonyl (C=O) groups is 1. The van der Waals surface area contributed by atoms with E-state index in [2.05, 4.69) is 5.10 Å². The molecule has 1 fully saturated rings. The first-order chi connectivity index (χ1) is 7.24. The van der Waals surface area contributed by atoms with Crippen molar-refractivity contribution in [3.05, 3.63) is 36.2 Å². The van der Waals surface area contributed by atoms with Crippen LogP contribution in [0.2, 0.25) is 0 Å². The third-order valence-electron chi connectivity index (χ3n) is 3.10. The summed E-state index contributed by atoms with van der Waals surface area (Å²) in [5.74, 6) is -0.735. The minimum absolute atomic E-state index is 0.664. The number of rotatable bonds is 2. The predicted octanol–water partition coefficient (Wildman–Crippen LogP) is 1.45. The van der Waals surface area contributed by atoms with Crippen molar-refractivity contribution in [1.82, 2.24) is 9.61 Å². The molecule has 0 unspecified atom stereocenters. The standard InChI is InChI=1S/C11H10N2O2/c14-10(15)11(4-5-11)8-7-12-13-6-2-1-3-9(8)13/h1-3,6-7H,4-5H2,(H,14,15). The summed E-state index contributed by atoms with van der Waals surface area (Å²) >= 11 is 0. The zero-order chi connectivity index (χ0) is 10.5. The van der Waals surface area contributed by atoms with Crippen LogP contribution in [0.3, 0.4) is 0 Å². The van der Waals surface area contributed by atoms with E-state index in [1.807, 2.05) is 24.4 Å². The summed E-state index contributed by atoms with van der Waals surface area (Å²) < 4.78 is 1.72. The number of fused-ring (bicyclic) bond motifs is 1. The molecule has 2 aromatic rings. The van der Waals surface area contributed by atoms with E-state index in [9.17, 15) is 9.90 Å². The van der Waals surface area contributed by atoms with Gasteiger partial charge >= 0.3 is 5.97 Å². The Balaban J connectivity index is 2.24. The van der Waals surface area contributed by atoms with Gasteiger partial charge < -0.3 is 5.11 Å². The molecule has 1 N–H and O–H groups in total. The molecule has 0 saturated heterocycles. The maximum absolute atomic E-state index is 11.2. The van der Waals surface area contributed by atoms with Crippen LogP contribution in [0.1, 0.15) is 18.4 Å². The molecule has 4 nitrogen and oxygen atoms in total. The van der Waals surface area contributed by atoms with Crippen molar-refractivity contribution in [3.63, 3.8) is 0 Å². The Bertz CT molecular complexity index is 540. The summed E-state index contributed by atoms with van der Waals surface area (Å²) in [6.07, 6.45) is 4.95. The molecule has 0 bridgehead atoms. The fraction of sp³-hybridized carbons (Fsp3) is 0.273. The summed E-state index contributed by atoms with van der Waals surface area (Å²) in [6.45, 7) is 0. The normalized spacial score (nSPS) is 17.9. The van der Waals surface area contributed by atoms with Crippen molar-refractivity contribution in [3.8, 4) is 0 Å². The lowest BCUT2D eigenvalue weighted by atomic mass is 9.98. The average Bonchev–Trinajstić information content (AvgIpc) is 2.93. The first kappa shape index (κ1) is 8.47. The number of hydrogen-bond donors (Lipinski definition) is 1. The second-order valence-corrected chi connectivity index (χ2v) is 3.98. The topological polar surface area (TPSA) is 54.6 Å². The van der Waals surface area contributed by atoms with Crippen molar-refractivity contribution in [2.24, 2.45) is 0 Å². The highest BCUT2D eigenvalue weighted by molar-refractivity contribution is 5.87. The van der Waals surface area contributed by atoms with Crippen molar-refractivity contribution >= 4 is 11.5 Å².